The van der Waals surface area contributed by atoms with Crippen molar-refractivity contribution < 1.29 is 9.59 Å². The molecule has 0 saturated carbocycles. The molecule has 5 rings (SSSR count). The van der Waals surface area contributed by atoms with Crippen LogP contribution < -0.4 is 16.2 Å². The van der Waals surface area contributed by atoms with Crippen LogP contribution in [0, 0.1) is 0 Å². The molecule has 4 aromatic rings. The first-order valence-electron chi connectivity index (χ1n) is 11.0. The number of amides is 2. The second-order valence-electron chi connectivity index (χ2n) is 8.14. The summed E-state index contributed by atoms with van der Waals surface area (Å²) >= 11 is 8.85. The van der Waals surface area contributed by atoms with Gasteiger partial charge in [-0.3, -0.25) is 19.0 Å². The lowest BCUT2D eigenvalue weighted by atomic mass is 10.2. The maximum absolute atomic E-state index is 13.7. The summed E-state index contributed by atoms with van der Waals surface area (Å²) in [6.45, 7) is 1.44. The third-order valence-corrected chi connectivity index (χ3v) is 7.99. The Hall–Kier alpha value is -3.14. The molecule has 0 aliphatic heterocycles. The van der Waals surface area contributed by atoms with Gasteiger partial charge in [0.2, 0.25) is 11.8 Å². The minimum absolute atomic E-state index is 0.0735. The maximum Gasteiger partial charge on any atom is 0.267 e. The van der Waals surface area contributed by atoms with E-state index < -0.39 is 0 Å². The van der Waals surface area contributed by atoms with E-state index >= 15 is 0 Å². The number of nitrogens with zero attached hydrogens (tertiary/aromatic N) is 2. The molecule has 0 spiro atoms. The van der Waals surface area contributed by atoms with Crippen LogP contribution in [0.5, 0.6) is 0 Å². The van der Waals surface area contributed by atoms with Crippen molar-refractivity contribution in [1.82, 2.24) is 9.55 Å². The zero-order valence-corrected chi connectivity index (χ0v) is 21.1. The molecule has 0 saturated heterocycles. The highest BCUT2D eigenvalue weighted by molar-refractivity contribution is 7.99. The van der Waals surface area contributed by atoms with Crippen molar-refractivity contribution in [1.29, 1.82) is 0 Å². The number of carbonyl (C=O) groups is 2. The molecule has 0 atom stereocenters. The molecule has 0 unspecified atom stereocenters. The summed E-state index contributed by atoms with van der Waals surface area (Å²) in [5, 5.41) is 7.25. The molecular weight excluding hydrogens is 504 g/mol. The molecule has 10 heteroatoms. The lowest BCUT2D eigenvalue weighted by Crippen LogP contribution is -2.23. The Labute approximate surface area is 214 Å². The van der Waals surface area contributed by atoms with Crippen LogP contribution in [0.15, 0.2) is 58.5 Å². The van der Waals surface area contributed by atoms with Gasteiger partial charge < -0.3 is 10.6 Å². The molecule has 2 aromatic carbocycles. The van der Waals surface area contributed by atoms with Crippen molar-refractivity contribution >= 4 is 68.1 Å². The fraction of sp³-hybridized carbons (Fsp3) is 0.200. The fourth-order valence-electron chi connectivity index (χ4n) is 4.11. The minimum atomic E-state index is -0.229. The first kappa shape index (κ1) is 23.6. The van der Waals surface area contributed by atoms with Gasteiger partial charge in [-0.05, 0) is 73.4 Å². The molecule has 2 N–H and O–H groups in total. The number of carbonyl (C=O) groups excluding carboxylic acids is 2. The third-order valence-electron chi connectivity index (χ3n) is 5.61. The van der Waals surface area contributed by atoms with Crippen LogP contribution in [-0.4, -0.2) is 27.1 Å². The number of nitrogens with one attached hydrogen (secondary N) is 2. The zero-order chi connectivity index (χ0) is 24.5. The van der Waals surface area contributed by atoms with Crippen LogP contribution in [0.3, 0.4) is 0 Å². The number of halogens is 1. The molecule has 7 nitrogen and oxygen atoms in total. The number of anilines is 2. The highest BCUT2D eigenvalue weighted by Crippen LogP contribution is 2.36. The van der Waals surface area contributed by atoms with E-state index in [0.29, 0.717) is 32.6 Å². The number of thiophene rings is 1. The Bertz CT molecular complexity index is 1490. The molecule has 1 aliphatic carbocycles. The van der Waals surface area contributed by atoms with Gasteiger partial charge in [0, 0.05) is 28.2 Å². The minimum Gasteiger partial charge on any atom is -0.326 e. The van der Waals surface area contributed by atoms with E-state index in [0.717, 1.165) is 29.7 Å². The summed E-state index contributed by atoms with van der Waals surface area (Å²) in [5.41, 5.74) is 2.91. The molecule has 0 radical (unpaired) electrons. The van der Waals surface area contributed by atoms with Crippen LogP contribution in [-0.2, 0) is 22.4 Å². The van der Waals surface area contributed by atoms with Gasteiger partial charge in [-0.15, -0.1) is 11.3 Å². The van der Waals surface area contributed by atoms with E-state index in [1.54, 1.807) is 64.4 Å². The highest BCUT2D eigenvalue weighted by Gasteiger charge is 2.24. The van der Waals surface area contributed by atoms with Crippen LogP contribution in [0.1, 0.15) is 23.8 Å². The van der Waals surface area contributed by atoms with Crippen LogP contribution in [0.25, 0.3) is 15.9 Å². The number of aryl methyl sites for hydroxylation is 2. The summed E-state index contributed by atoms with van der Waals surface area (Å²) in [7, 11) is 0. The monoisotopic (exact) mass is 524 g/mol. The first-order valence-corrected chi connectivity index (χ1v) is 13.2. The lowest BCUT2D eigenvalue weighted by Gasteiger charge is -2.13. The average Bonchev–Trinajstić information content (AvgIpc) is 3.41. The number of thioether (sulfide) groups is 1. The van der Waals surface area contributed by atoms with Gasteiger partial charge in [0.25, 0.3) is 5.56 Å². The van der Waals surface area contributed by atoms with E-state index in [1.165, 1.54) is 23.6 Å². The summed E-state index contributed by atoms with van der Waals surface area (Å²) in [6.07, 6.45) is 2.92. The van der Waals surface area contributed by atoms with E-state index in [1.807, 2.05) is 0 Å². The van der Waals surface area contributed by atoms with Crippen molar-refractivity contribution in [3.8, 4) is 5.69 Å². The standard InChI is InChI=1S/C25H21ClN4O3S2/c1-14(31)27-16-7-9-17(10-8-16)28-21(32)13-34-25-29-23-22(19-3-2-4-20(19)35-23)24(33)30(25)18-11-5-15(26)6-12-18/h5-12H,2-4,13H2,1H3,(H,27,31)(H,28,32). The van der Waals surface area contributed by atoms with Crippen molar-refractivity contribution in [2.24, 2.45) is 0 Å². The van der Waals surface area contributed by atoms with Gasteiger partial charge in [0.1, 0.15) is 4.83 Å². The predicted octanol–water partition coefficient (Wildman–Crippen LogP) is 5.28. The maximum atomic E-state index is 13.7. The Morgan fingerprint density at radius 1 is 1.06 bits per heavy atom. The summed E-state index contributed by atoms with van der Waals surface area (Å²) in [5.74, 6) is -0.317. The second kappa shape index (κ2) is 9.85. The predicted molar refractivity (Wildman–Crippen MR) is 142 cm³/mol. The summed E-state index contributed by atoms with van der Waals surface area (Å²) in [4.78, 5) is 44.3. The molecule has 2 aromatic heterocycles. The van der Waals surface area contributed by atoms with Gasteiger partial charge in [-0.1, -0.05) is 23.4 Å². The fourth-order valence-corrected chi connectivity index (χ4v) is 6.35. The van der Waals surface area contributed by atoms with Crippen molar-refractivity contribution in [3.05, 3.63) is 74.3 Å². The quantitative estimate of drug-likeness (QED) is 0.264. The van der Waals surface area contributed by atoms with Crippen LogP contribution in [0.4, 0.5) is 11.4 Å². The van der Waals surface area contributed by atoms with Crippen LogP contribution in [0.2, 0.25) is 5.02 Å². The van der Waals surface area contributed by atoms with Crippen molar-refractivity contribution in [3.63, 3.8) is 0 Å². The smallest absolute Gasteiger partial charge is 0.267 e. The SMILES string of the molecule is CC(=O)Nc1ccc(NC(=O)CSc2nc3sc4c(c3c(=O)n2-c2ccc(Cl)cc2)CCC4)cc1. The van der Waals surface area contributed by atoms with E-state index in [2.05, 4.69) is 10.6 Å². The molecular formula is C25H21ClN4O3S2. The van der Waals surface area contributed by atoms with Gasteiger partial charge in [0.15, 0.2) is 5.16 Å². The van der Waals surface area contributed by atoms with Crippen LogP contribution >= 0.6 is 34.7 Å². The second-order valence-corrected chi connectivity index (χ2v) is 10.6. The Kier molecular flexibility index (Phi) is 6.64. The van der Waals surface area contributed by atoms with Crippen molar-refractivity contribution in [2.45, 2.75) is 31.3 Å². The average molecular weight is 525 g/mol. The molecule has 1 aliphatic rings. The van der Waals surface area contributed by atoms with E-state index in [-0.39, 0.29) is 23.1 Å². The molecule has 178 valence electrons. The Morgan fingerprint density at radius 2 is 1.74 bits per heavy atom. The number of benzene rings is 2. The summed E-state index contributed by atoms with van der Waals surface area (Å²) < 4.78 is 1.57. The van der Waals surface area contributed by atoms with Crippen molar-refractivity contribution in [2.75, 3.05) is 16.4 Å². The molecule has 2 amide bonds. The largest absolute Gasteiger partial charge is 0.326 e. The molecule has 2 heterocycles. The Morgan fingerprint density at radius 3 is 2.43 bits per heavy atom. The third kappa shape index (κ3) is 4.98. The number of aromatic nitrogens is 2. The summed E-state index contributed by atoms with van der Waals surface area (Å²) in [6, 6.07) is 13.9. The number of rotatable bonds is 6. The molecule has 0 fully saturated rings. The van der Waals surface area contributed by atoms with E-state index in [4.69, 9.17) is 16.6 Å². The highest BCUT2D eigenvalue weighted by atomic mass is 35.5. The van der Waals surface area contributed by atoms with Gasteiger partial charge in [0.05, 0.1) is 16.8 Å². The van der Waals surface area contributed by atoms with Gasteiger partial charge in [-0.25, -0.2) is 4.98 Å². The van der Waals surface area contributed by atoms with E-state index in [9.17, 15) is 14.4 Å². The molecule has 0 bridgehead atoms. The number of hydrogen-bond acceptors (Lipinski definition) is 6. The number of hydrogen-bond donors (Lipinski definition) is 2. The van der Waals surface area contributed by atoms with Gasteiger partial charge >= 0.3 is 0 Å². The number of fused-ring (bicyclic) bond motifs is 3. The Balaban J connectivity index is 1.42. The zero-order valence-electron chi connectivity index (χ0n) is 18.8. The normalized spacial score (nSPS) is 12.5. The topological polar surface area (TPSA) is 93.1 Å². The lowest BCUT2D eigenvalue weighted by molar-refractivity contribution is -0.114. The molecule has 35 heavy (non-hydrogen) atoms. The van der Waals surface area contributed by atoms with Gasteiger partial charge in [-0.2, -0.15) is 0 Å². The first-order chi connectivity index (χ1) is 16.9.